The smallest absolute Gasteiger partial charge is 0.170 e. The number of nitrogens with two attached hydrogens (primary N) is 1. The molecule has 0 radical (unpaired) electrons. The van der Waals surface area contributed by atoms with Crippen molar-refractivity contribution >= 4 is 5.84 Å². The second-order valence-electron chi connectivity index (χ2n) is 5.39. The maximum atomic E-state index is 13.9. The van der Waals surface area contributed by atoms with Crippen LogP contribution in [0.2, 0.25) is 0 Å². The Morgan fingerprint density at radius 3 is 2.95 bits per heavy atom. The molecule has 2 bridgehead atoms. The molecule has 3 rings (SSSR count). The van der Waals surface area contributed by atoms with Crippen LogP contribution in [0.3, 0.4) is 0 Å². The third-order valence-corrected chi connectivity index (χ3v) is 4.12. The van der Waals surface area contributed by atoms with E-state index in [1.807, 2.05) is 0 Å². The van der Waals surface area contributed by atoms with Crippen LogP contribution in [0.4, 0.5) is 4.39 Å². The van der Waals surface area contributed by atoms with E-state index in [2.05, 4.69) is 10.5 Å². The molecule has 2 aliphatic heterocycles. The predicted molar refractivity (Wildman–Crippen MR) is 72.1 cm³/mol. The summed E-state index contributed by atoms with van der Waals surface area (Å²) in [5, 5.41) is 14.8. The first-order valence-electron chi connectivity index (χ1n) is 6.82. The van der Waals surface area contributed by atoms with E-state index in [0.29, 0.717) is 29.8 Å². The first kappa shape index (κ1) is 13.3. The summed E-state index contributed by atoms with van der Waals surface area (Å²) in [5.74, 6) is -0.449. The van der Waals surface area contributed by atoms with Crippen LogP contribution in [-0.2, 0) is 11.3 Å². The van der Waals surface area contributed by atoms with E-state index in [4.69, 9.17) is 15.7 Å². The van der Waals surface area contributed by atoms with Gasteiger partial charge in [0.1, 0.15) is 5.82 Å². The Morgan fingerprint density at radius 2 is 2.35 bits per heavy atom. The van der Waals surface area contributed by atoms with Crippen molar-refractivity contribution in [2.75, 3.05) is 0 Å². The fourth-order valence-corrected chi connectivity index (χ4v) is 3.00. The molecule has 20 heavy (non-hydrogen) atoms. The summed E-state index contributed by atoms with van der Waals surface area (Å²) in [6.45, 7) is 0.458. The molecule has 3 atom stereocenters. The van der Waals surface area contributed by atoms with Gasteiger partial charge in [0.05, 0.1) is 12.2 Å². The van der Waals surface area contributed by atoms with Crippen LogP contribution in [0.1, 0.15) is 30.4 Å². The summed E-state index contributed by atoms with van der Waals surface area (Å²) in [7, 11) is 0. The molecule has 2 saturated heterocycles. The van der Waals surface area contributed by atoms with Crippen LogP contribution < -0.4 is 11.1 Å². The lowest BCUT2D eigenvalue weighted by atomic mass is 9.95. The highest BCUT2D eigenvalue weighted by atomic mass is 19.1. The minimum atomic E-state index is -0.356. The van der Waals surface area contributed by atoms with Gasteiger partial charge in [0, 0.05) is 23.7 Å². The van der Waals surface area contributed by atoms with Gasteiger partial charge in [-0.1, -0.05) is 17.3 Å². The first-order valence-corrected chi connectivity index (χ1v) is 6.82. The van der Waals surface area contributed by atoms with Crippen molar-refractivity contribution in [2.45, 2.75) is 44.1 Å². The largest absolute Gasteiger partial charge is 0.409 e. The number of amidine groups is 1. The van der Waals surface area contributed by atoms with Crippen molar-refractivity contribution in [2.24, 2.45) is 10.9 Å². The molecular formula is C14H18FN3O2. The SMILES string of the molecule is N/C(=N/O)c1ccc(CNC2CC3CCC2O3)c(F)c1. The Bertz CT molecular complexity index is 535. The van der Waals surface area contributed by atoms with Gasteiger partial charge in [-0.3, -0.25) is 0 Å². The van der Waals surface area contributed by atoms with Crippen molar-refractivity contribution in [3.05, 3.63) is 35.1 Å². The zero-order valence-corrected chi connectivity index (χ0v) is 11.1. The van der Waals surface area contributed by atoms with Crippen LogP contribution in [-0.4, -0.2) is 29.3 Å². The van der Waals surface area contributed by atoms with Gasteiger partial charge in [-0.15, -0.1) is 0 Å². The molecule has 1 aromatic rings. The lowest BCUT2D eigenvalue weighted by Gasteiger charge is -2.20. The zero-order valence-electron chi connectivity index (χ0n) is 11.1. The number of ether oxygens (including phenoxy) is 1. The molecule has 6 heteroatoms. The highest BCUT2D eigenvalue weighted by Crippen LogP contribution is 2.34. The summed E-state index contributed by atoms with van der Waals surface area (Å²) < 4.78 is 19.7. The van der Waals surface area contributed by atoms with Gasteiger partial charge in [-0.2, -0.15) is 0 Å². The first-order chi connectivity index (χ1) is 9.67. The molecule has 0 amide bonds. The van der Waals surface area contributed by atoms with E-state index >= 15 is 0 Å². The van der Waals surface area contributed by atoms with Crippen molar-refractivity contribution in [1.29, 1.82) is 0 Å². The second-order valence-corrected chi connectivity index (χ2v) is 5.39. The highest BCUT2D eigenvalue weighted by Gasteiger charge is 2.40. The molecule has 2 fully saturated rings. The number of rotatable bonds is 4. The topological polar surface area (TPSA) is 79.9 Å². The molecule has 4 N–H and O–H groups in total. The summed E-state index contributed by atoms with van der Waals surface area (Å²) >= 11 is 0. The maximum absolute atomic E-state index is 13.9. The van der Waals surface area contributed by atoms with E-state index in [9.17, 15) is 4.39 Å². The molecule has 2 heterocycles. The number of oxime groups is 1. The van der Waals surface area contributed by atoms with E-state index < -0.39 is 0 Å². The summed E-state index contributed by atoms with van der Waals surface area (Å²) in [6.07, 6.45) is 3.90. The summed E-state index contributed by atoms with van der Waals surface area (Å²) in [6, 6.07) is 4.90. The number of hydrogen-bond donors (Lipinski definition) is 3. The molecule has 3 unspecified atom stereocenters. The summed E-state index contributed by atoms with van der Waals surface area (Å²) in [4.78, 5) is 0. The monoisotopic (exact) mass is 279 g/mol. The highest BCUT2D eigenvalue weighted by molar-refractivity contribution is 5.97. The third kappa shape index (κ3) is 2.48. The molecule has 0 saturated carbocycles. The Labute approximate surface area is 116 Å². The quantitative estimate of drug-likeness (QED) is 0.336. The number of nitrogens with zero attached hydrogens (tertiary/aromatic N) is 1. The molecule has 0 spiro atoms. The van der Waals surface area contributed by atoms with Gasteiger partial charge >= 0.3 is 0 Å². The molecule has 1 aromatic carbocycles. The molecule has 2 aliphatic rings. The molecule has 0 aromatic heterocycles. The standard InChI is InChI=1S/C14H18FN3O2/c15-11-5-8(14(16)18-19)1-2-9(11)7-17-12-6-10-3-4-13(12)20-10/h1-2,5,10,12-13,17,19H,3-4,6-7H2,(H2,16,18). The van der Waals surface area contributed by atoms with E-state index in [1.54, 1.807) is 12.1 Å². The lowest BCUT2D eigenvalue weighted by molar-refractivity contribution is 0.0972. The number of nitrogens with one attached hydrogen (secondary N) is 1. The van der Waals surface area contributed by atoms with Gasteiger partial charge in [0.15, 0.2) is 5.84 Å². The van der Waals surface area contributed by atoms with Gasteiger partial charge in [-0.25, -0.2) is 4.39 Å². The Hall–Kier alpha value is -1.66. The van der Waals surface area contributed by atoms with Crippen LogP contribution in [0, 0.1) is 5.82 Å². The maximum Gasteiger partial charge on any atom is 0.170 e. The average Bonchev–Trinajstić information content (AvgIpc) is 3.07. The zero-order chi connectivity index (χ0) is 14.1. The molecule has 5 nitrogen and oxygen atoms in total. The predicted octanol–water partition coefficient (Wildman–Crippen LogP) is 1.33. The molecular weight excluding hydrogens is 261 g/mol. The van der Waals surface area contributed by atoms with Crippen LogP contribution >= 0.6 is 0 Å². The van der Waals surface area contributed by atoms with Crippen molar-refractivity contribution in [1.82, 2.24) is 5.32 Å². The number of halogens is 1. The van der Waals surface area contributed by atoms with Gasteiger partial charge < -0.3 is 21.0 Å². The summed E-state index contributed by atoms with van der Waals surface area (Å²) in [5.41, 5.74) is 6.37. The minimum Gasteiger partial charge on any atom is -0.409 e. The van der Waals surface area contributed by atoms with Gasteiger partial charge in [0.25, 0.3) is 0 Å². The number of fused-ring (bicyclic) bond motifs is 2. The van der Waals surface area contributed by atoms with Crippen molar-refractivity contribution < 1.29 is 14.3 Å². The Morgan fingerprint density at radius 1 is 1.50 bits per heavy atom. The van der Waals surface area contributed by atoms with Crippen LogP contribution in [0.25, 0.3) is 0 Å². The Balaban J connectivity index is 1.63. The lowest BCUT2D eigenvalue weighted by Crippen LogP contribution is -2.37. The minimum absolute atomic E-state index is 0.0927. The fraction of sp³-hybridized carbons (Fsp3) is 0.500. The Kier molecular flexibility index (Phi) is 3.58. The number of benzene rings is 1. The second kappa shape index (κ2) is 5.38. The van der Waals surface area contributed by atoms with E-state index in [1.165, 1.54) is 6.07 Å². The normalized spacial score (nSPS) is 29.1. The average molecular weight is 279 g/mol. The fourth-order valence-electron chi connectivity index (χ4n) is 3.00. The van der Waals surface area contributed by atoms with Gasteiger partial charge in [-0.05, 0) is 25.3 Å². The van der Waals surface area contributed by atoms with Gasteiger partial charge in [0.2, 0.25) is 0 Å². The van der Waals surface area contributed by atoms with Crippen LogP contribution in [0.15, 0.2) is 23.4 Å². The number of hydrogen-bond acceptors (Lipinski definition) is 4. The third-order valence-electron chi connectivity index (χ3n) is 4.12. The molecule has 0 aliphatic carbocycles. The van der Waals surface area contributed by atoms with E-state index in [0.717, 1.165) is 19.3 Å². The molecule has 108 valence electrons. The van der Waals surface area contributed by atoms with E-state index in [-0.39, 0.29) is 17.8 Å². The van der Waals surface area contributed by atoms with Crippen molar-refractivity contribution in [3.63, 3.8) is 0 Å². The van der Waals surface area contributed by atoms with Crippen LogP contribution in [0.5, 0.6) is 0 Å². The van der Waals surface area contributed by atoms with Crippen molar-refractivity contribution in [3.8, 4) is 0 Å².